The van der Waals surface area contributed by atoms with E-state index in [1.165, 1.54) is 27.9 Å². The number of ether oxygens (including phenoxy) is 1. The molecule has 0 fully saturated rings. The van der Waals surface area contributed by atoms with Crippen molar-refractivity contribution in [2.24, 2.45) is 0 Å². The molecule has 0 saturated carbocycles. The highest BCUT2D eigenvalue weighted by Crippen LogP contribution is 2.55. The van der Waals surface area contributed by atoms with Gasteiger partial charge in [0.05, 0.1) is 13.3 Å². The molecule has 0 amide bonds. The molecule has 1 nitrogen and oxygen atoms in total. The van der Waals surface area contributed by atoms with E-state index in [4.69, 9.17) is 4.74 Å². The molecule has 0 radical (unpaired) electrons. The summed E-state index contributed by atoms with van der Waals surface area (Å²) in [5.41, 5.74) is 1.35. The fourth-order valence-electron chi connectivity index (χ4n) is 4.26. The van der Waals surface area contributed by atoms with Gasteiger partial charge in [-0.05, 0) is 73.4 Å². The van der Waals surface area contributed by atoms with E-state index in [1.54, 1.807) is 7.11 Å². The molecule has 0 saturated heterocycles. The van der Waals surface area contributed by atoms with Crippen LogP contribution in [0.2, 0.25) is 0 Å². The minimum Gasteiger partial charge on any atom is -1.00 e. The first-order valence-corrected chi connectivity index (χ1v) is 12.3. The van der Waals surface area contributed by atoms with Crippen LogP contribution < -0.4 is 28.3 Å². The van der Waals surface area contributed by atoms with Crippen LogP contribution in [0.15, 0.2) is 114 Å². The Bertz CT molecular complexity index is 884. The van der Waals surface area contributed by atoms with Gasteiger partial charge in [0.1, 0.15) is 28.9 Å². The molecular formula is C27H28ClOP. The average Bonchev–Trinajstić information content (AvgIpc) is 2.82. The van der Waals surface area contributed by atoms with Gasteiger partial charge in [-0.3, -0.25) is 0 Å². The Hall–Kier alpha value is -2.34. The van der Waals surface area contributed by atoms with E-state index in [-0.39, 0.29) is 12.4 Å². The summed E-state index contributed by atoms with van der Waals surface area (Å²) in [7, 11) is -0.0254. The topological polar surface area (TPSA) is 9.23 Å². The third-order valence-corrected chi connectivity index (χ3v) is 9.99. The van der Waals surface area contributed by atoms with Gasteiger partial charge < -0.3 is 17.1 Å². The van der Waals surface area contributed by atoms with Gasteiger partial charge in [0.25, 0.3) is 0 Å². The first-order chi connectivity index (χ1) is 14.3. The third kappa shape index (κ3) is 4.53. The maximum atomic E-state index is 5.69. The Balaban J connectivity index is 0.00000256. The highest BCUT2D eigenvalue weighted by atomic mass is 35.5. The van der Waals surface area contributed by atoms with Gasteiger partial charge in [0.2, 0.25) is 0 Å². The minimum atomic E-state index is -1.82. The Labute approximate surface area is 187 Å². The van der Waals surface area contributed by atoms with E-state index < -0.39 is 7.26 Å². The minimum absolute atomic E-state index is 0. The first-order valence-electron chi connectivity index (χ1n) is 10.3. The van der Waals surface area contributed by atoms with E-state index in [9.17, 15) is 0 Å². The molecule has 0 unspecified atom stereocenters. The van der Waals surface area contributed by atoms with Gasteiger partial charge >= 0.3 is 0 Å². The molecule has 4 rings (SSSR count). The van der Waals surface area contributed by atoms with Crippen molar-refractivity contribution in [3.63, 3.8) is 0 Å². The fourth-order valence-corrected chi connectivity index (χ4v) is 8.32. The molecule has 30 heavy (non-hydrogen) atoms. The van der Waals surface area contributed by atoms with Crippen LogP contribution in [0.1, 0.15) is 19.3 Å². The van der Waals surface area contributed by atoms with E-state index >= 15 is 0 Å². The van der Waals surface area contributed by atoms with Crippen LogP contribution in [0.4, 0.5) is 0 Å². The van der Waals surface area contributed by atoms with Gasteiger partial charge in [0, 0.05) is 0 Å². The van der Waals surface area contributed by atoms with Crippen molar-refractivity contribution < 1.29 is 17.1 Å². The zero-order chi connectivity index (χ0) is 19.9. The zero-order valence-electron chi connectivity index (χ0n) is 17.4. The Morgan fingerprint density at radius 3 is 1.67 bits per heavy atom. The second-order valence-electron chi connectivity index (χ2n) is 7.39. The lowest BCUT2D eigenvalue weighted by atomic mass is 10.00. The zero-order valence-corrected chi connectivity index (χ0v) is 19.0. The third-order valence-electron chi connectivity index (χ3n) is 5.72. The molecule has 0 heterocycles. The van der Waals surface area contributed by atoms with Gasteiger partial charge in [-0.25, -0.2) is 0 Å². The highest BCUT2D eigenvalue weighted by Gasteiger charge is 2.44. The van der Waals surface area contributed by atoms with Crippen LogP contribution in [0.5, 0.6) is 0 Å². The predicted molar refractivity (Wildman–Crippen MR) is 127 cm³/mol. The first kappa shape index (κ1) is 22.3. The quantitative estimate of drug-likeness (QED) is 0.542. The van der Waals surface area contributed by atoms with Crippen LogP contribution in [0, 0.1) is 0 Å². The van der Waals surface area contributed by atoms with Crippen LogP contribution in [0.3, 0.4) is 0 Å². The standard InChI is InChI=1S/C27H28OP.ClH/c1-28-27-20-12-11-13-23(27)21-22-29(24-14-5-2-6-15-24,25-16-7-3-8-17-25)26-18-9-4-10-19-26;/h2-10,14-21H,11-13,22H2,1H3;1H/q+1;/p-1/b23-21+;. The van der Waals surface area contributed by atoms with Crippen molar-refractivity contribution >= 4 is 23.2 Å². The maximum Gasteiger partial charge on any atom is 0.117 e. The van der Waals surface area contributed by atoms with Gasteiger partial charge in [0.15, 0.2) is 0 Å². The molecule has 0 atom stereocenters. The van der Waals surface area contributed by atoms with Crippen molar-refractivity contribution in [1.82, 2.24) is 0 Å². The van der Waals surface area contributed by atoms with E-state index in [0.717, 1.165) is 24.8 Å². The molecule has 1 aliphatic carbocycles. The summed E-state index contributed by atoms with van der Waals surface area (Å²) in [6.07, 6.45) is 9.10. The molecule has 0 N–H and O–H groups in total. The monoisotopic (exact) mass is 434 g/mol. The number of allylic oxidation sites excluding steroid dienone is 3. The second-order valence-corrected chi connectivity index (χ2v) is 10.9. The van der Waals surface area contributed by atoms with Crippen molar-refractivity contribution in [3.05, 3.63) is 114 Å². The lowest BCUT2D eigenvalue weighted by Gasteiger charge is -2.27. The smallest absolute Gasteiger partial charge is 0.117 e. The fraction of sp³-hybridized carbons (Fsp3) is 0.185. The molecule has 0 spiro atoms. The average molecular weight is 435 g/mol. The molecule has 3 aromatic rings. The number of hydrogen-bond acceptors (Lipinski definition) is 1. The molecule has 0 bridgehead atoms. The summed E-state index contributed by atoms with van der Waals surface area (Å²) in [5, 5.41) is 4.27. The number of hydrogen-bond donors (Lipinski definition) is 0. The number of benzene rings is 3. The lowest BCUT2D eigenvalue weighted by Crippen LogP contribution is -3.00. The highest BCUT2D eigenvalue weighted by molar-refractivity contribution is 7.95. The lowest BCUT2D eigenvalue weighted by molar-refractivity contribution is -0.00000602. The summed E-state index contributed by atoms with van der Waals surface area (Å²) in [6.45, 7) is 0. The SMILES string of the molecule is COC1=CCCC/C1=C\C[P+](c1ccccc1)(c1ccccc1)c1ccccc1.[Cl-]. The summed E-state index contributed by atoms with van der Waals surface area (Å²) in [4.78, 5) is 0. The molecule has 1 aliphatic rings. The molecule has 3 heteroatoms. The van der Waals surface area contributed by atoms with Crippen LogP contribution >= 0.6 is 7.26 Å². The van der Waals surface area contributed by atoms with Gasteiger partial charge in [-0.15, -0.1) is 0 Å². The largest absolute Gasteiger partial charge is 1.00 e. The molecule has 154 valence electrons. The molecule has 0 aliphatic heterocycles. The number of methoxy groups -OCH3 is 1. The second kappa shape index (κ2) is 10.6. The summed E-state index contributed by atoms with van der Waals surface area (Å²) in [5.74, 6) is 1.06. The number of rotatable bonds is 6. The Morgan fingerprint density at radius 1 is 0.767 bits per heavy atom. The maximum absolute atomic E-state index is 5.69. The molecule has 3 aromatic carbocycles. The van der Waals surface area contributed by atoms with Crippen LogP contribution in [-0.2, 0) is 4.74 Å². The summed E-state index contributed by atoms with van der Waals surface area (Å²) in [6, 6.07) is 33.2. The van der Waals surface area contributed by atoms with Crippen LogP contribution in [-0.4, -0.2) is 13.3 Å². The van der Waals surface area contributed by atoms with Crippen molar-refractivity contribution in [2.75, 3.05) is 13.3 Å². The van der Waals surface area contributed by atoms with E-state index in [2.05, 4.69) is 103 Å². The van der Waals surface area contributed by atoms with Crippen molar-refractivity contribution in [2.45, 2.75) is 19.3 Å². The van der Waals surface area contributed by atoms with E-state index in [0.29, 0.717) is 0 Å². The molecule has 0 aromatic heterocycles. The van der Waals surface area contributed by atoms with Gasteiger partial charge in [-0.1, -0.05) is 54.6 Å². The Morgan fingerprint density at radius 2 is 1.23 bits per heavy atom. The number of halogens is 1. The van der Waals surface area contributed by atoms with Crippen molar-refractivity contribution in [3.8, 4) is 0 Å². The van der Waals surface area contributed by atoms with Crippen molar-refractivity contribution in [1.29, 1.82) is 0 Å². The van der Waals surface area contributed by atoms with E-state index in [1.807, 2.05) is 0 Å². The summed E-state index contributed by atoms with van der Waals surface area (Å²) >= 11 is 0. The van der Waals surface area contributed by atoms with Gasteiger partial charge in [-0.2, -0.15) is 0 Å². The predicted octanol–water partition coefficient (Wildman–Crippen LogP) is 2.63. The van der Waals surface area contributed by atoms with Crippen LogP contribution in [0.25, 0.3) is 0 Å². The Kier molecular flexibility index (Phi) is 7.91. The normalized spacial score (nSPS) is 15.2. The molecular weight excluding hydrogens is 407 g/mol. The summed E-state index contributed by atoms with van der Waals surface area (Å²) < 4.78 is 5.69.